The first-order chi connectivity index (χ1) is 10.1. The Kier molecular flexibility index (Phi) is 6.77. The highest BCUT2D eigenvalue weighted by atomic mass is 35.5. The van der Waals surface area contributed by atoms with E-state index in [1.165, 1.54) is 0 Å². The van der Waals surface area contributed by atoms with Crippen molar-refractivity contribution in [1.29, 1.82) is 0 Å². The van der Waals surface area contributed by atoms with Gasteiger partial charge in [-0.1, -0.05) is 11.6 Å². The molecule has 0 aliphatic carbocycles. The Morgan fingerprint density at radius 2 is 2.19 bits per heavy atom. The molecule has 1 unspecified atom stereocenters. The fourth-order valence-corrected chi connectivity index (χ4v) is 2.49. The van der Waals surface area contributed by atoms with E-state index in [1.807, 2.05) is 25.1 Å². The van der Waals surface area contributed by atoms with Gasteiger partial charge < -0.3 is 19.1 Å². The maximum Gasteiger partial charge on any atom is 0.122 e. The monoisotopic (exact) mass is 313 g/mol. The number of hydrogen-bond donors (Lipinski definition) is 0. The van der Waals surface area contributed by atoms with Gasteiger partial charge in [0, 0.05) is 18.1 Å². The molecule has 1 aliphatic heterocycles. The minimum Gasteiger partial charge on any atom is -0.492 e. The second-order valence-corrected chi connectivity index (χ2v) is 5.85. The summed E-state index contributed by atoms with van der Waals surface area (Å²) >= 11 is 5.93. The van der Waals surface area contributed by atoms with Crippen molar-refractivity contribution in [3.05, 3.63) is 28.8 Å². The molecule has 0 spiro atoms. The number of hydrogen-bond acceptors (Lipinski definition) is 4. The second kappa shape index (κ2) is 8.59. The van der Waals surface area contributed by atoms with Crippen molar-refractivity contribution in [2.75, 3.05) is 46.6 Å². The van der Waals surface area contributed by atoms with Crippen LogP contribution in [0.4, 0.5) is 0 Å². The summed E-state index contributed by atoms with van der Waals surface area (Å²) in [6.45, 7) is 6.70. The number of nitrogens with zero attached hydrogens (tertiary/aromatic N) is 1. The molecule has 0 bridgehead atoms. The molecule has 1 saturated heterocycles. The summed E-state index contributed by atoms with van der Waals surface area (Å²) in [5.74, 6) is 0.900. The smallest absolute Gasteiger partial charge is 0.122 e. The van der Waals surface area contributed by atoms with E-state index in [2.05, 4.69) is 11.9 Å². The SMILES string of the molecule is Cc1cc(Cl)ccc1OCCN(C)CCC1COCCO1. The fraction of sp³-hybridized carbons (Fsp3) is 0.625. The summed E-state index contributed by atoms with van der Waals surface area (Å²) in [7, 11) is 2.10. The van der Waals surface area contributed by atoms with Crippen LogP contribution in [-0.4, -0.2) is 57.6 Å². The van der Waals surface area contributed by atoms with E-state index in [-0.39, 0.29) is 6.10 Å². The molecule has 0 aromatic heterocycles. The van der Waals surface area contributed by atoms with Gasteiger partial charge in [-0.2, -0.15) is 0 Å². The fourth-order valence-electron chi connectivity index (χ4n) is 2.27. The minimum absolute atomic E-state index is 0.237. The zero-order chi connectivity index (χ0) is 15.1. The molecule has 21 heavy (non-hydrogen) atoms. The molecule has 1 aromatic carbocycles. The molecule has 0 amide bonds. The van der Waals surface area contributed by atoms with E-state index in [0.29, 0.717) is 19.8 Å². The van der Waals surface area contributed by atoms with Gasteiger partial charge in [-0.05, 0) is 44.2 Å². The number of likely N-dealkylation sites (N-methyl/N-ethyl adjacent to an activating group) is 1. The maximum atomic E-state index is 5.93. The molecule has 1 heterocycles. The van der Waals surface area contributed by atoms with E-state index in [0.717, 1.165) is 42.5 Å². The van der Waals surface area contributed by atoms with E-state index < -0.39 is 0 Å². The average Bonchev–Trinajstić information content (AvgIpc) is 2.48. The molecule has 118 valence electrons. The Morgan fingerprint density at radius 3 is 2.90 bits per heavy atom. The van der Waals surface area contributed by atoms with Gasteiger partial charge in [0.05, 0.1) is 25.9 Å². The minimum atomic E-state index is 0.237. The normalized spacial score (nSPS) is 19.0. The number of halogens is 1. The third-order valence-electron chi connectivity index (χ3n) is 3.59. The topological polar surface area (TPSA) is 30.9 Å². The first-order valence-corrected chi connectivity index (χ1v) is 7.80. The van der Waals surface area contributed by atoms with Crippen LogP contribution in [0, 0.1) is 6.92 Å². The Bertz CT molecular complexity index is 436. The van der Waals surface area contributed by atoms with Crippen molar-refractivity contribution in [3.8, 4) is 5.75 Å². The van der Waals surface area contributed by atoms with E-state index in [4.69, 9.17) is 25.8 Å². The van der Waals surface area contributed by atoms with Crippen LogP contribution in [0.1, 0.15) is 12.0 Å². The van der Waals surface area contributed by atoms with Gasteiger partial charge in [-0.15, -0.1) is 0 Å². The van der Waals surface area contributed by atoms with Crippen LogP contribution in [0.25, 0.3) is 0 Å². The lowest BCUT2D eigenvalue weighted by Crippen LogP contribution is -2.33. The molecule has 4 nitrogen and oxygen atoms in total. The summed E-state index contributed by atoms with van der Waals surface area (Å²) in [5, 5.41) is 0.742. The Hall–Kier alpha value is -0.810. The van der Waals surface area contributed by atoms with E-state index in [9.17, 15) is 0 Å². The van der Waals surface area contributed by atoms with E-state index in [1.54, 1.807) is 0 Å². The molecular weight excluding hydrogens is 290 g/mol. The van der Waals surface area contributed by atoms with Gasteiger partial charge in [0.1, 0.15) is 12.4 Å². The standard InChI is InChI=1S/C16H24ClNO3/c1-13-11-14(17)3-4-16(13)21-8-7-18(2)6-5-15-12-19-9-10-20-15/h3-4,11,15H,5-10,12H2,1-2H3. The van der Waals surface area contributed by atoms with Crippen LogP contribution in [0.15, 0.2) is 18.2 Å². The van der Waals surface area contributed by atoms with Crippen molar-refractivity contribution in [3.63, 3.8) is 0 Å². The molecule has 1 aromatic rings. The van der Waals surface area contributed by atoms with Crippen LogP contribution < -0.4 is 4.74 Å². The second-order valence-electron chi connectivity index (χ2n) is 5.42. The summed E-state index contributed by atoms with van der Waals surface area (Å²) in [6, 6.07) is 5.69. The van der Waals surface area contributed by atoms with E-state index >= 15 is 0 Å². The molecule has 1 fully saturated rings. The van der Waals surface area contributed by atoms with Gasteiger partial charge in [-0.3, -0.25) is 0 Å². The average molecular weight is 314 g/mol. The molecule has 1 aliphatic rings. The summed E-state index contributed by atoms with van der Waals surface area (Å²) in [4.78, 5) is 2.25. The largest absolute Gasteiger partial charge is 0.492 e. The lowest BCUT2D eigenvalue weighted by molar-refractivity contribution is -0.0923. The Balaban J connectivity index is 1.63. The zero-order valence-corrected chi connectivity index (χ0v) is 13.6. The summed E-state index contributed by atoms with van der Waals surface area (Å²) < 4.78 is 16.8. The predicted molar refractivity (Wildman–Crippen MR) is 84.4 cm³/mol. The highest BCUT2D eigenvalue weighted by Crippen LogP contribution is 2.21. The molecule has 5 heteroatoms. The summed E-state index contributed by atoms with van der Waals surface area (Å²) in [6.07, 6.45) is 1.23. The molecule has 0 N–H and O–H groups in total. The molecular formula is C16H24ClNO3. The quantitative estimate of drug-likeness (QED) is 0.774. The van der Waals surface area contributed by atoms with Crippen LogP contribution >= 0.6 is 11.6 Å². The van der Waals surface area contributed by atoms with Crippen molar-refractivity contribution in [2.45, 2.75) is 19.4 Å². The number of ether oxygens (including phenoxy) is 3. The van der Waals surface area contributed by atoms with Crippen LogP contribution in [0.5, 0.6) is 5.75 Å². The zero-order valence-electron chi connectivity index (χ0n) is 12.8. The van der Waals surface area contributed by atoms with Crippen molar-refractivity contribution in [2.24, 2.45) is 0 Å². The molecule has 0 saturated carbocycles. The highest BCUT2D eigenvalue weighted by molar-refractivity contribution is 6.30. The van der Waals surface area contributed by atoms with Gasteiger partial charge in [-0.25, -0.2) is 0 Å². The van der Waals surface area contributed by atoms with Crippen LogP contribution in [0.2, 0.25) is 5.02 Å². The van der Waals surface area contributed by atoms with Gasteiger partial charge in [0.15, 0.2) is 0 Å². The lowest BCUT2D eigenvalue weighted by Gasteiger charge is -2.25. The first-order valence-electron chi connectivity index (χ1n) is 7.42. The Labute approximate surface area is 131 Å². The van der Waals surface area contributed by atoms with Crippen LogP contribution in [0.3, 0.4) is 0 Å². The van der Waals surface area contributed by atoms with Crippen molar-refractivity contribution in [1.82, 2.24) is 4.90 Å². The van der Waals surface area contributed by atoms with Crippen LogP contribution in [-0.2, 0) is 9.47 Å². The number of aryl methyl sites for hydroxylation is 1. The van der Waals surface area contributed by atoms with Crippen molar-refractivity contribution < 1.29 is 14.2 Å². The van der Waals surface area contributed by atoms with Crippen molar-refractivity contribution >= 4 is 11.6 Å². The third kappa shape index (κ3) is 5.83. The number of rotatable bonds is 7. The molecule has 0 radical (unpaired) electrons. The Morgan fingerprint density at radius 1 is 1.33 bits per heavy atom. The highest BCUT2D eigenvalue weighted by Gasteiger charge is 2.14. The lowest BCUT2D eigenvalue weighted by atomic mass is 10.2. The first kappa shape index (κ1) is 16.6. The molecule has 1 atom stereocenters. The third-order valence-corrected chi connectivity index (χ3v) is 3.82. The number of benzene rings is 1. The summed E-state index contributed by atoms with van der Waals surface area (Å²) in [5.41, 5.74) is 1.07. The van der Waals surface area contributed by atoms with Gasteiger partial charge in [0.25, 0.3) is 0 Å². The van der Waals surface area contributed by atoms with Gasteiger partial charge >= 0.3 is 0 Å². The maximum absolute atomic E-state index is 5.93. The predicted octanol–water partition coefficient (Wildman–Crippen LogP) is 2.76. The van der Waals surface area contributed by atoms with Gasteiger partial charge in [0.2, 0.25) is 0 Å². The molecule has 2 rings (SSSR count).